The molecule has 2 aliphatic rings. The molecule has 12 heteroatoms. The number of hydrogen-bond acceptors (Lipinski definition) is 6. The molecule has 356 valence electrons. The molecule has 10 aromatic rings. The minimum atomic E-state index is -3.95. The van der Waals surface area contributed by atoms with Gasteiger partial charge < -0.3 is 10.2 Å². The topological polar surface area (TPSA) is 119 Å². The van der Waals surface area contributed by atoms with Crippen LogP contribution in [0, 0.1) is 13.8 Å². The number of benzene rings is 8. The van der Waals surface area contributed by atoms with Crippen molar-refractivity contribution in [2.24, 2.45) is 0 Å². The molecule has 0 amide bonds. The van der Waals surface area contributed by atoms with Gasteiger partial charge in [0, 0.05) is 45.9 Å². The lowest BCUT2D eigenvalue weighted by Crippen LogP contribution is -2.16. The van der Waals surface area contributed by atoms with Gasteiger partial charge in [-0.3, -0.25) is 0 Å². The molecule has 0 saturated carbocycles. The van der Waals surface area contributed by atoms with E-state index < -0.39 is 32.3 Å². The van der Waals surface area contributed by atoms with E-state index in [1.165, 1.54) is 7.94 Å². The molecule has 0 fully saturated rings. The van der Waals surface area contributed by atoms with E-state index in [1.807, 2.05) is 159 Å². The average Bonchev–Trinajstić information content (AvgIpc) is 3.92. The zero-order valence-corrected chi connectivity index (χ0v) is 41.9. The Hall–Kier alpha value is -6.76. The SMILES string of the molecule is Cc1ccc(S(=O)(=O)n2c3c(c4ccccc42)[C@@H](O)Cc2ccccc2-c2ccccc2-3)cc1.Cc1ccc(S(=O)(=O)n2c3c(c4ccccc42)[C@H](O)Cc2ccccc2-c2ccccc2-3)cc1.ClCCl. The van der Waals surface area contributed by atoms with Gasteiger partial charge >= 0.3 is 0 Å². The van der Waals surface area contributed by atoms with Crippen LogP contribution in [0.1, 0.15) is 45.6 Å². The van der Waals surface area contributed by atoms with Crippen molar-refractivity contribution in [2.45, 2.75) is 48.7 Å². The van der Waals surface area contributed by atoms with Crippen LogP contribution in [0.3, 0.4) is 0 Å². The summed E-state index contributed by atoms with van der Waals surface area (Å²) in [6.07, 6.45) is -0.917. The van der Waals surface area contributed by atoms with Gasteiger partial charge in [-0.1, -0.05) is 169 Å². The van der Waals surface area contributed by atoms with Crippen LogP contribution < -0.4 is 0 Å². The van der Waals surface area contributed by atoms with E-state index in [4.69, 9.17) is 23.2 Å². The highest BCUT2D eigenvalue weighted by Crippen LogP contribution is 2.49. The normalized spacial score (nSPS) is 14.8. The van der Waals surface area contributed by atoms with Crippen molar-refractivity contribution in [3.05, 3.63) is 228 Å². The van der Waals surface area contributed by atoms with Gasteiger partial charge in [-0.2, -0.15) is 0 Å². The predicted octanol–water partition coefficient (Wildman–Crippen LogP) is 13.6. The predicted molar refractivity (Wildman–Crippen MR) is 287 cm³/mol. The monoisotopic (exact) mass is 1010 g/mol. The summed E-state index contributed by atoms with van der Waals surface area (Å²) in [6, 6.07) is 60.4. The van der Waals surface area contributed by atoms with E-state index in [-0.39, 0.29) is 15.1 Å². The zero-order chi connectivity index (χ0) is 49.6. The number of nitrogens with zero attached hydrogens (tertiary/aromatic N) is 2. The van der Waals surface area contributed by atoms with Crippen molar-refractivity contribution in [3.8, 4) is 44.8 Å². The molecule has 8 aromatic carbocycles. The number of fused-ring (bicyclic) bond motifs is 14. The Kier molecular flexibility index (Phi) is 13.1. The van der Waals surface area contributed by atoms with Crippen molar-refractivity contribution in [3.63, 3.8) is 0 Å². The number of para-hydroxylation sites is 2. The molecular weight excluding hydrogens is 968 g/mol. The maximum atomic E-state index is 14.1. The highest BCUT2D eigenvalue weighted by Gasteiger charge is 2.35. The molecule has 2 aliphatic carbocycles. The van der Waals surface area contributed by atoms with Gasteiger partial charge in [-0.15, -0.1) is 23.2 Å². The smallest absolute Gasteiger partial charge is 0.268 e. The quantitative estimate of drug-likeness (QED) is 0.170. The van der Waals surface area contributed by atoms with Gasteiger partial charge in [0.05, 0.1) is 49.8 Å². The number of rotatable bonds is 4. The summed E-state index contributed by atoms with van der Waals surface area (Å²) >= 11 is 9.53. The lowest BCUT2D eigenvalue weighted by molar-refractivity contribution is 0.180. The van der Waals surface area contributed by atoms with Crippen LogP contribution in [0.15, 0.2) is 204 Å². The summed E-state index contributed by atoms with van der Waals surface area (Å²) in [5.41, 5.74) is 13.0. The number of alkyl halides is 2. The number of aryl methyl sites for hydroxylation is 2. The first-order valence-electron chi connectivity index (χ1n) is 23.1. The standard InChI is InChI=1S/2C29H23NO3S.CH2Cl2/c2*1-19-14-16-21(17-15-19)34(32,33)30-26-13-7-6-12-25(26)28-27(31)18-20-8-2-3-9-22(20)23-10-4-5-11-24(23)29(28)30;2-1-3/h2*2-17,27,31H,18H2,1H3;1H2/t2*27-;/m10./s1. The van der Waals surface area contributed by atoms with E-state index in [9.17, 15) is 27.0 Å². The molecule has 0 aliphatic heterocycles. The first-order chi connectivity index (χ1) is 34.3. The fraction of sp³-hybridized carbons (Fsp3) is 0.119. The van der Waals surface area contributed by atoms with Crippen molar-refractivity contribution >= 4 is 65.1 Å². The van der Waals surface area contributed by atoms with Crippen molar-refractivity contribution in [1.82, 2.24) is 7.94 Å². The van der Waals surface area contributed by atoms with E-state index in [0.29, 0.717) is 46.4 Å². The second-order valence-electron chi connectivity index (χ2n) is 17.7. The minimum absolute atomic E-state index is 0.194. The summed E-state index contributed by atoms with van der Waals surface area (Å²) in [4.78, 5) is 0.437. The number of aromatic nitrogens is 2. The van der Waals surface area contributed by atoms with Crippen LogP contribution in [0.5, 0.6) is 0 Å². The molecule has 2 aromatic heterocycles. The van der Waals surface area contributed by atoms with Crippen molar-refractivity contribution < 1.29 is 27.0 Å². The van der Waals surface area contributed by atoms with Crippen LogP contribution in [-0.2, 0) is 32.9 Å². The van der Waals surface area contributed by atoms with E-state index >= 15 is 0 Å². The Bertz CT molecular complexity index is 3610. The van der Waals surface area contributed by atoms with Gasteiger partial charge in [0.1, 0.15) is 0 Å². The van der Waals surface area contributed by atoms with E-state index in [0.717, 1.165) is 66.4 Å². The highest BCUT2D eigenvalue weighted by molar-refractivity contribution is 7.90. The molecule has 12 rings (SSSR count). The summed E-state index contributed by atoms with van der Waals surface area (Å²) in [5, 5.41) is 24.7. The van der Waals surface area contributed by atoms with Gasteiger partial charge in [-0.25, -0.2) is 24.8 Å². The number of aliphatic hydroxyl groups excluding tert-OH is 2. The van der Waals surface area contributed by atoms with Crippen molar-refractivity contribution in [1.29, 1.82) is 0 Å². The third kappa shape index (κ3) is 8.48. The van der Waals surface area contributed by atoms with Crippen LogP contribution >= 0.6 is 23.2 Å². The molecule has 0 unspecified atom stereocenters. The third-order valence-electron chi connectivity index (χ3n) is 13.3. The maximum absolute atomic E-state index is 14.1. The molecule has 0 bridgehead atoms. The molecule has 71 heavy (non-hydrogen) atoms. The molecule has 0 radical (unpaired) electrons. The third-order valence-corrected chi connectivity index (χ3v) is 16.8. The van der Waals surface area contributed by atoms with Crippen LogP contribution in [0.2, 0.25) is 0 Å². The van der Waals surface area contributed by atoms with Gasteiger partial charge in [0.2, 0.25) is 0 Å². The Morgan fingerprint density at radius 1 is 0.423 bits per heavy atom. The Labute approximate surface area is 423 Å². The summed E-state index contributed by atoms with van der Waals surface area (Å²) in [5.74, 6) is 0. The molecular formula is C59H48Cl2N2O6S2. The van der Waals surface area contributed by atoms with Crippen molar-refractivity contribution in [2.75, 3.05) is 5.34 Å². The van der Waals surface area contributed by atoms with E-state index in [1.54, 1.807) is 48.5 Å². The fourth-order valence-corrected chi connectivity index (χ4v) is 13.3. The Morgan fingerprint density at radius 3 is 1.08 bits per heavy atom. The lowest BCUT2D eigenvalue weighted by Gasteiger charge is -2.23. The van der Waals surface area contributed by atoms with Crippen LogP contribution in [0.25, 0.3) is 66.6 Å². The Balaban J connectivity index is 0.000000155. The summed E-state index contributed by atoms with van der Waals surface area (Å²) in [7, 11) is -7.89. The number of hydrogen-bond donors (Lipinski definition) is 2. The van der Waals surface area contributed by atoms with Gasteiger partial charge in [0.15, 0.2) is 0 Å². The first-order valence-corrected chi connectivity index (χ1v) is 27.0. The van der Waals surface area contributed by atoms with Crippen LogP contribution in [-0.4, -0.2) is 40.3 Å². The lowest BCUT2D eigenvalue weighted by atomic mass is 9.85. The molecule has 8 nitrogen and oxygen atoms in total. The maximum Gasteiger partial charge on any atom is 0.268 e. The second kappa shape index (κ2) is 19.4. The average molecular weight is 1020 g/mol. The number of aliphatic hydroxyl groups is 2. The van der Waals surface area contributed by atoms with Gasteiger partial charge in [-0.05, 0) is 83.6 Å². The Morgan fingerprint density at radius 2 is 0.718 bits per heavy atom. The largest absolute Gasteiger partial charge is 0.388 e. The van der Waals surface area contributed by atoms with Gasteiger partial charge in [0.25, 0.3) is 20.0 Å². The molecule has 2 N–H and O–H groups in total. The van der Waals surface area contributed by atoms with E-state index in [2.05, 4.69) is 0 Å². The first kappa shape index (κ1) is 47.9. The summed E-state index contributed by atoms with van der Waals surface area (Å²) in [6.45, 7) is 3.86. The molecule has 0 saturated heterocycles. The summed E-state index contributed by atoms with van der Waals surface area (Å²) < 4.78 is 59.4. The number of halogens is 2. The zero-order valence-electron chi connectivity index (χ0n) is 38.7. The second-order valence-corrected chi connectivity index (χ2v) is 22.1. The fourth-order valence-electron chi connectivity index (χ4n) is 10.2. The van der Waals surface area contributed by atoms with Crippen LogP contribution in [0.4, 0.5) is 0 Å². The molecule has 2 atom stereocenters. The minimum Gasteiger partial charge on any atom is -0.388 e. The highest BCUT2D eigenvalue weighted by atomic mass is 35.5. The molecule has 0 spiro atoms. The molecule has 2 heterocycles.